The third-order valence-corrected chi connectivity index (χ3v) is 4.65. The number of likely N-dealkylation sites (N-methyl/N-ethyl adjacent to an activating group) is 1. The van der Waals surface area contributed by atoms with Gasteiger partial charge in [-0.1, -0.05) is 0 Å². The predicted molar refractivity (Wildman–Crippen MR) is 83.6 cm³/mol. The van der Waals surface area contributed by atoms with Gasteiger partial charge in [0, 0.05) is 19.3 Å². The lowest BCUT2D eigenvalue weighted by atomic mass is 9.96. The number of aromatic nitrogens is 1. The van der Waals surface area contributed by atoms with E-state index < -0.39 is 11.4 Å². The maximum atomic E-state index is 12.9. The Morgan fingerprint density at radius 3 is 2.71 bits per heavy atom. The van der Waals surface area contributed by atoms with E-state index in [4.69, 9.17) is 9.47 Å². The third-order valence-electron chi connectivity index (χ3n) is 4.65. The van der Waals surface area contributed by atoms with Gasteiger partial charge in [-0.3, -0.25) is 9.59 Å². The van der Waals surface area contributed by atoms with Gasteiger partial charge in [-0.25, -0.2) is 4.79 Å². The van der Waals surface area contributed by atoms with E-state index in [0.717, 1.165) is 0 Å². The van der Waals surface area contributed by atoms with E-state index in [9.17, 15) is 14.4 Å². The molecule has 1 aromatic heterocycles. The second kappa shape index (κ2) is 6.27. The molecule has 0 saturated carbocycles. The van der Waals surface area contributed by atoms with Crippen molar-refractivity contribution in [1.29, 1.82) is 0 Å². The zero-order valence-electron chi connectivity index (χ0n) is 13.9. The summed E-state index contributed by atoms with van der Waals surface area (Å²) >= 11 is 0. The highest BCUT2D eigenvalue weighted by molar-refractivity contribution is 5.98. The summed E-state index contributed by atoms with van der Waals surface area (Å²) in [5.74, 6) is -1.16. The van der Waals surface area contributed by atoms with Crippen molar-refractivity contribution in [1.82, 2.24) is 9.47 Å². The number of esters is 1. The number of rotatable bonds is 3. The molecule has 1 aromatic rings. The van der Waals surface area contributed by atoms with Gasteiger partial charge >= 0.3 is 5.97 Å². The second-order valence-electron chi connectivity index (χ2n) is 5.74. The molecule has 1 amide bonds. The highest BCUT2D eigenvalue weighted by Crippen LogP contribution is 2.35. The summed E-state index contributed by atoms with van der Waals surface area (Å²) in [4.78, 5) is 39.1. The smallest absolute Gasteiger partial charge is 0.343 e. The summed E-state index contributed by atoms with van der Waals surface area (Å²) in [7, 11) is 2.53. The van der Waals surface area contributed by atoms with Crippen molar-refractivity contribution < 1.29 is 23.8 Å². The maximum Gasteiger partial charge on any atom is 0.343 e. The third kappa shape index (κ3) is 2.29. The molecule has 2 atom stereocenters. The largest absolute Gasteiger partial charge is 0.491 e. The van der Waals surface area contributed by atoms with Gasteiger partial charge < -0.3 is 23.7 Å². The van der Waals surface area contributed by atoms with Crippen LogP contribution in [0.15, 0.2) is 11.0 Å². The Labute approximate surface area is 138 Å². The SMILES string of the molecule is CCN1C(=O)c2c(OC)c(=O)c(C(=O)OC)cn2[C@@H]2CCOC[C@H]21. The molecule has 1 fully saturated rings. The fourth-order valence-electron chi connectivity index (χ4n) is 3.52. The monoisotopic (exact) mass is 336 g/mol. The first-order valence-electron chi connectivity index (χ1n) is 7.85. The molecule has 24 heavy (non-hydrogen) atoms. The summed E-state index contributed by atoms with van der Waals surface area (Å²) in [6.45, 7) is 3.35. The van der Waals surface area contributed by atoms with Crippen molar-refractivity contribution in [2.45, 2.75) is 25.4 Å². The first kappa shape index (κ1) is 16.5. The summed E-state index contributed by atoms with van der Waals surface area (Å²) in [5, 5.41) is 0. The molecule has 0 N–H and O–H groups in total. The van der Waals surface area contributed by atoms with E-state index in [0.29, 0.717) is 26.2 Å². The van der Waals surface area contributed by atoms with Gasteiger partial charge in [0.05, 0.1) is 32.9 Å². The maximum absolute atomic E-state index is 12.9. The molecule has 0 spiro atoms. The van der Waals surface area contributed by atoms with E-state index in [2.05, 4.69) is 4.74 Å². The van der Waals surface area contributed by atoms with Gasteiger partial charge in [0.2, 0.25) is 5.43 Å². The molecule has 2 aliphatic heterocycles. The van der Waals surface area contributed by atoms with Gasteiger partial charge in [0.15, 0.2) is 11.4 Å². The van der Waals surface area contributed by atoms with Crippen LogP contribution < -0.4 is 10.2 Å². The van der Waals surface area contributed by atoms with E-state index in [1.165, 1.54) is 20.4 Å². The average Bonchev–Trinajstić information content (AvgIpc) is 2.61. The Hall–Kier alpha value is -2.35. The minimum atomic E-state index is -0.748. The zero-order chi connectivity index (χ0) is 17.4. The molecule has 3 heterocycles. The highest BCUT2D eigenvalue weighted by Gasteiger charge is 2.43. The van der Waals surface area contributed by atoms with Crippen molar-refractivity contribution in [3.8, 4) is 5.75 Å². The number of methoxy groups -OCH3 is 2. The lowest BCUT2D eigenvalue weighted by molar-refractivity contribution is -0.0176. The van der Waals surface area contributed by atoms with Gasteiger partial charge in [-0.05, 0) is 13.3 Å². The van der Waals surface area contributed by atoms with Crippen LogP contribution in [-0.4, -0.2) is 61.4 Å². The lowest BCUT2D eigenvalue weighted by Gasteiger charge is -2.45. The van der Waals surface area contributed by atoms with Crippen LogP contribution in [0.1, 0.15) is 40.2 Å². The number of hydrogen-bond donors (Lipinski definition) is 0. The van der Waals surface area contributed by atoms with Crippen molar-refractivity contribution in [2.75, 3.05) is 34.0 Å². The fraction of sp³-hybridized carbons (Fsp3) is 0.562. The summed E-state index contributed by atoms with van der Waals surface area (Å²) in [5.41, 5.74) is -0.591. The number of fused-ring (bicyclic) bond motifs is 3. The zero-order valence-corrected chi connectivity index (χ0v) is 13.9. The van der Waals surface area contributed by atoms with Gasteiger partial charge in [-0.15, -0.1) is 0 Å². The molecule has 130 valence electrons. The Kier molecular flexibility index (Phi) is 4.31. The quantitative estimate of drug-likeness (QED) is 0.745. The number of carbonyl (C=O) groups is 2. The first-order valence-corrected chi connectivity index (χ1v) is 7.85. The van der Waals surface area contributed by atoms with Gasteiger partial charge in [0.25, 0.3) is 5.91 Å². The Balaban J connectivity index is 2.27. The first-order chi connectivity index (χ1) is 11.5. The molecule has 1 saturated heterocycles. The molecular weight excluding hydrogens is 316 g/mol. The number of hydrogen-bond acceptors (Lipinski definition) is 6. The molecule has 8 heteroatoms. The van der Waals surface area contributed by atoms with Gasteiger partial charge in [0.1, 0.15) is 5.56 Å². The van der Waals surface area contributed by atoms with Crippen LogP contribution in [-0.2, 0) is 9.47 Å². The summed E-state index contributed by atoms with van der Waals surface area (Å²) < 4.78 is 17.1. The van der Waals surface area contributed by atoms with Crippen molar-refractivity contribution >= 4 is 11.9 Å². The van der Waals surface area contributed by atoms with Crippen LogP contribution in [0.25, 0.3) is 0 Å². The molecule has 0 aromatic carbocycles. The molecule has 0 bridgehead atoms. The van der Waals surface area contributed by atoms with E-state index in [1.54, 1.807) is 9.47 Å². The minimum absolute atomic E-state index is 0.0793. The van der Waals surface area contributed by atoms with Crippen LogP contribution in [0.2, 0.25) is 0 Å². The topological polar surface area (TPSA) is 87.1 Å². The predicted octanol–water partition coefficient (Wildman–Crippen LogP) is 0.449. The summed E-state index contributed by atoms with van der Waals surface area (Å²) in [6, 6.07) is -0.217. The van der Waals surface area contributed by atoms with E-state index in [-0.39, 0.29) is 35.0 Å². The van der Waals surface area contributed by atoms with Crippen LogP contribution in [0.4, 0.5) is 0 Å². The average molecular weight is 336 g/mol. The van der Waals surface area contributed by atoms with Gasteiger partial charge in [-0.2, -0.15) is 0 Å². The molecule has 0 radical (unpaired) electrons. The highest BCUT2D eigenvalue weighted by atomic mass is 16.5. The Bertz CT molecular complexity index is 741. The van der Waals surface area contributed by atoms with Crippen molar-refractivity contribution in [3.05, 3.63) is 27.7 Å². The normalized spacial score (nSPS) is 22.6. The number of pyridine rings is 1. The minimum Gasteiger partial charge on any atom is -0.491 e. The van der Waals surface area contributed by atoms with E-state index >= 15 is 0 Å². The van der Waals surface area contributed by atoms with Crippen LogP contribution in [0.3, 0.4) is 0 Å². The van der Waals surface area contributed by atoms with Crippen LogP contribution in [0.5, 0.6) is 5.75 Å². The van der Waals surface area contributed by atoms with Crippen molar-refractivity contribution in [3.63, 3.8) is 0 Å². The second-order valence-corrected chi connectivity index (χ2v) is 5.74. The number of nitrogens with zero attached hydrogens (tertiary/aromatic N) is 2. The number of amides is 1. The van der Waals surface area contributed by atoms with Crippen LogP contribution in [0, 0.1) is 0 Å². The molecule has 0 aliphatic carbocycles. The fourth-order valence-corrected chi connectivity index (χ4v) is 3.52. The number of carbonyl (C=O) groups excluding carboxylic acids is 2. The number of ether oxygens (including phenoxy) is 3. The van der Waals surface area contributed by atoms with Crippen LogP contribution >= 0.6 is 0 Å². The standard InChI is InChI=1S/C16H20N2O6/c1-4-17-11-8-24-6-5-10(11)18-7-9(16(21)23-3)13(19)14(22-2)12(18)15(17)20/h7,10-11H,4-6,8H2,1-3H3/t10-,11-/m1/s1. The molecule has 0 unspecified atom stereocenters. The summed E-state index contributed by atoms with van der Waals surface area (Å²) in [6.07, 6.45) is 2.09. The molecular formula is C16H20N2O6. The van der Waals surface area contributed by atoms with E-state index in [1.807, 2.05) is 6.92 Å². The molecule has 2 aliphatic rings. The van der Waals surface area contributed by atoms with Crippen molar-refractivity contribution in [2.24, 2.45) is 0 Å². The Morgan fingerprint density at radius 1 is 1.33 bits per heavy atom. The molecule has 8 nitrogen and oxygen atoms in total. The lowest BCUT2D eigenvalue weighted by Crippen LogP contribution is -2.55. The molecule has 3 rings (SSSR count). The Morgan fingerprint density at radius 2 is 2.08 bits per heavy atom.